The number of nitrogens with one attached hydrogen (secondary N) is 2. The fraction of sp³-hybridized carbons (Fsp3) is 0.304. The summed E-state index contributed by atoms with van der Waals surface area (Å²) in [4.78, 5) is 22.0. The van der Waals surface area contributed by atoms with E-state index in [1.165, 1.54) is 32.0 Å². The molecule has 2 N–H and O–H groups in total. The van der Waals surface area contributed by atoms with Crippen LogP contribution in [0.2, 0.25) is 0 Å². The van der Waals surface area contributed by atoms with Crippen molar-refractivity contribution in [3.8, 4) is 11.1 Å². The summed E-state index contributed by atoms with van der Waals surface area (Å²) in [7, 11) is 0. The average molecular weight is 419 g/mol. The minimum Gasteiger partial charge on any atom is -0.370 e. The van der Waals surface area contributed by atoms with Gasteiger partial charge in [-0.15, -0.1) is 0 Å². The summed E-state index contributed by atoms with van der Waals surface area (Å²) < 4.78 is 0. The summed E-state index contributed by atoms with van der Waals surface area (Å²) >= 11 is 0. The highest BCUT2D eigenvalue weighted by Gasteiger charge is 2.10. The van der Waals surface area contributed by atoms with Crippen LogP contribution in [0, 0.1) is 10.1 Å². The molecule has 2 aromatic carbocycles. The van der Waals surface area contributed by atoms with E-state index in [-0.39, 0.29) is 10.6 Å². The zero-order chi connectivity index (χ0) is 21.5. The Morgan fingerprint density at radius 3 is 2.61 bits per heavy atom. The van der Waals surface area contributed by atoms with Crippen LogP contribution < -0.4 is 10.6 Å². The fourth-order valence-electron chi connectivity index (χ4n) is 3.75. The van der Waals surface area contributed by atoms with E-state index in [0.29, 0.717) is 5.95 Å². The van der Waals surface area contributed by atoms with Crippen LogP contribution in [0.1, 0.15) is 19.3 Å². The van der Waals surface area contributed by atoms with E-state index in [2.05, 4.69) is 25.5 Å². The Morgan fingerprint density at radius 2 is 1.81 bits per heavy atom. The number of nitrogens with zero attached hydrogens (tertiary/aromatic N) is 4. The van der Waals surface area contributed by atoms with Crippen molar-refractivity contribution < 1.29 is 4.92 Å². The van der Waals surface area contributed by atoms with Crippen LogP contribution in [0.3, 0.4) is 0 Å². The van der Waals surface area contributed by atoms with Gasteiger partial charge >= 0.3 is 0 Å². The lowest BCUT2D eigenvalue weighted by Gasteiger charge is -2.14. The van der Waals surface area contributed by atoms with Gasteiger partial charge in [-0.1, -0.05) is 24.3 Å². The molecular weight excluding hydrogens is 392 g/mol. The molecule has 0 amide bonds. The third-order valence-electron chi connectivity index (χ3n) is 5.32. The molecule has 0 aliphatic carbocycles. The first kappa shape index (κ1) is 20.7. The smallest absolute Gasteiger partial charge is 0.270 e. The molecule has 3 aromatic rings. The summed E-state index contributed by atoms with van der Waals surface area (Å²) in [5.74, 6) is 1.29. The largest absolute Gasteiger partial charge is 0.370 e. The molecule has 1 saturated heterocycles. The van der Waals surface area contributed by atoms with Gasteiger partial charge in [-0.2, -0.15) is 4.98 Å². The van der Waals surface area contributed by atoms with E-state index in [4.69, 9.17) is 0 Å². The molecule has 8 heteroatoms. The number of rotatable bonds is 9. The molecule has 160 valence electrons. The highest BCUT2D eigenvalue weighted by atomic mass is 16.6. The van der Waals surface area contributed by atoms with E-state index in [9.17, 15) is 10.1 Å². The van der Waals surface area contributed by atoms with Crippen molar-refractivity contribution >= 4 is 23.1 Å². The van der Waals surface area contributed by atoms with Gasteiger partial charge in [0.05, 0.1) is 4.92 Å². The topological polar surface area (TPSA) is 96.2 Å². The Morgan fingerprint density at radius 1 is 1.03 bits per heavy atom. The van der Waals surface area contributed by atoms with E-state index < -0.39 is 0 Å². The number of hydrogen-bond acceptors (Lipinski definition) is 7. The van der Waals surface area contributed by atoms with Gasteiger partial charge in [0, 0.05) is 30.6 Å². The highest BCUT2D eigenvalue weighted by Crippen LogP contribution is 2.27. The monoisotopic (exact) mass is 418 g/mol. The summed E-state index contributed by atoms with van der Waals surface area (Å²) in [6.07, 6.45) is 5.44. The standard InChI is InChI=1S/C23H26N6O2/c30-29(31)21-9-4-7-19(17-21)18-6-3-8-20(16-18)26-23-25-12-10-22(27-23)24-11-5-15-28-13-1-2-14-28/h3-4,6-10,12,16-17H,1-2,5,11,13-15H2,(H2,24,25,26,27). The molecule has 0 atom stereocenters. The molecule has 1 aliphatic heterocycles. The molecule has 0 unspecified atom stereocenters. The van der Waals surface area contributed by atoms with Crippen molar-refractivity contribution in [3.05, 3.63) is 70.9 Å². The Balaban J connectivity index is 1.38. The third-order valence-corrected chi connectivity index (χ3v) is 5.32. The summed E-state index contributed by atoms with van der Waals surface area (Å²) in [6, 6.07) is 16.1. The van der Waals surface area contributed by atoms with Gasteiger partial charge in [-0.05, 0) is 68.2 Å². The normalized spacial score (nSPS) is 13.8. The second-order valence-electron chi connectivity index (χ2n) is 7.61. The van der Waals surface area contributed by atoms with Crippen molar-refractivity contribution in [1.82, 2.24) is 14.9 Å². The molecular formula is C23H26N6O2. The zero-order valence-corrected chi connectivity index (χ0v) is 17.3. The molecule has 0 spiro atoms. The molecule has 4 rings (SSSR count). The summed E-state index contributed by atoms with van der Waals surface area (Å²) in [5.41, 5.74) is 2.55. The number of benzene rings is 2. The number of nitro groups is 1. The average Bonchev–Trinajstić information content (AvgIpc) is 3.31. The number of likely N-dealkylation sites (tertiary alicyclic amines) is 1. The Bertz CT molecular complexity index is 1040. The van der Waals surface area contributed by atoms with Gasteiger partial charge in [0.1, 0.15) is 5.82 Å². The van der Waals surface area contributed by atoms with Crippen LogP contribution in [0.5, 0.6) is 0 Å². The van der Waals surface area contributed by atoms with Gasteiger partial charge in [0.15, 0.2) is 0 Å². The maximum atomic E-state index is 11.1. The van der Waals surface area contributed by atoms with Crippen LogP contribution in [-0.2, 0) is 0 Å². The van der Waals surface area contributed by atoms with Gasteiger partial charge < -0.3 is 15.5 Å². The maximum absolute atomic E-state index is 11.1. The lowest BCUT2D eigenvalue weighted by molar-refractivity contribution is -0.384. The minimum atomic E-state index is -0.386. The van der Waals surface area contributed by atoms with Gasteiger partial charge in [-0.25, -0.2) is 4.98 Å². The van der Waals surface area contributed by atoms with E-state index in [1.54, 1.807) is 18.3 Å². The first-order valence-corrected chi connectivity index (χ1v) is 10.6. The van der Waals surface area contributed by atoms with Gasteiger partial charge in [-0.3, -0.25) is 10.1 Å². The molecule has 1 aliphatic rings. The van der Waals surface area contributed by atoms with Crippen molar-refractivity contribution in [3.63, 3.8) is 0 Å². The second-order valence-corrected chi connectivity index (χ2v) is 7.61. The fourth-order valence-corrected chi connectivity index (χ4v) is 3.75. The van der Waals surface area contributed by atoms with Crippen molar-refractivity contribution in [1.29, 1.82) is 0 Å². The Hall–Kier alpha value is -3.52. The molecule has 8 nitrogen and oxygen atoms in total. The lowest BCUT2D eigenvalue weighted by atomic mass is 10.0. The van der Waals surface area contributed by atoms with Crippen LogP contribution in [-0.4, -0.2) is 46.0 Å². The lowest BCUT2D eigenvalue weighted by Crippen LogP contribution is -2.22. The van der Waals surface area contributed by atoms with Crippen molar-refractivity contribution in [2.45, 2.75) is 19.3 Å². The molecule has 2 heterocycles. The summed E-state index contributed by atoms with van der Waals surface area (Å²) in [6.45, 7) is 4.43. The molecule has 1 aromatic heterocycles. The minimum absolute atomic E-state index is 0.0719. The molecule has 0 bridgehead atoms. The van der Waals surface area contributed by atoms with E-state index in [0.717, 1.165) is 42.1 Å². The quantitative estimate of drug-likeness (QED) is 0.295. The van der Waals surface area contributed by atoms with Crippen LogP contribution in [0.4, 0.5) is 23.1 Å². The van der Waals surface area contributed by atoms with Crippen molar-refractivity contribution in [2.24, 2.45) is 0 Å². The van der Waals surface area contributed by atoms with E-state index >= 15 is 0 Å². The van der Waals surface area contributed by atoms with Gasteiger partial charge in [0.2, 0.25) is 5.95 Å². The van der Waals surface area contributed by atoms with Gasteiger partial charge in [0.25, 0.3) is 5.69 Å². The Kier molecular flexibility index (Phi) is 6.68. The second kappa shape index (κ2) is 9.99. The highest BCUT2D eigenvalue weighted by molar-refractivity contribution is 5.71. The first-order chi connectivity index (χ1) is 15.2. The molecule has 0 radical (unpaired) electrons. The van der Waals surface area contributed by atoms with Crippen LogP contribution in [0.15, 0.2) is 60.8 Å². The zero-order valence-electron chi connectivity index (χ0n) is 17.3. The Labute approximate surface area is 181 Å². The number of anilines is 3. The first-order valence-electron chi connectivity index (χ1n) is 10.6. The molecule has 1 fully saturated rings. The number of non-ortho nitro benzene ring substituents is 1. The van der Waals surface area contributed by atoms with Crippen LogP contribution >= 0.6 is 0 Å². The molecule has 0 saturated carbocycles. The van der Waals surface area contributed by atoms with E-state index in [1.807, 2.05) is 36.4 Å². The number of aromatic nitrogens is 2. The SMILES string of the molecule is O=[N+]([O-])c1cccc(-c2cccc(Nc3nccc(NCCCN4CCCC4)n3)c2)c1. The maximum Gasteiger partial charge on any atom is 0.270 e. The number of nitro benzene ring substituents is 1. The summed E-state index contributed by atoms with van der Waals surface area (Å²) in [5, 5.41) is 17.6. The molecule has 31 heavy (non-hydrogen) atoms. The third kappa shape index (κ3) is 5.76. The number of hydrogen-bond donors (Lipinski definition) is 2. The van der Waals surface area contributed by atoms with Crippen LogP contribution in [0.25, 0.3) is 11.1 Å². The predicted octanol–water partition coefficient (Wildman–Crippen LogP) is 4.69. The van der Waals surface area contributed by atoms with Crippen molar-refractivity contribution in [2.75, 3.05) is 36.8 Å². The predicted molar refractivity (Wildman–Crippen MR) is 123 cm³/mol.